The van der Waals surface area contributed by atoms with Crippen molar-refractivity contribution in [1.82, 2.24) is 15.5 Å². The predicted molar refractivity (Wildman–Crippen MR) is 86.0 cm³/mol. The largest absolute Gasteiger partial charge is 0.355 e. The van der Waals surface area contributed by atoms with E-state index >= 15 is 0 Å². The summed E-state index contributed by atoms with van der Waals surface area (Å²) in [5, 5.41) is 6.39. The van der Waals surface area contributed by atoms with Crippen LogP contribution in [0.4, 0.5) is 0 Å². The second-order valence-electron chi connectivity index (χ2n) is 5.89. The molecule has 2 unspecified atom stereocenters. The van der Waals surface area contributed by atoms with Crippen LogP contribution in [-0.4, -0.2) is 42.5 Å². The van der Waals surface area contributed by atoms with Gasteiger partial charge in [0.2, 0.25) is 5.91 Å². The molecule has 1 fully saturated rings. The van der Waals surface area contributed by atoms with Gasteiger partial charge in [0, 0.05) is 32.2 Å². The van der Waals surface area contributed by atoms with Crippen molar-refractivity contribution in [2.75, 3.05) is 19.6 Å². The summed E-state index contributed by atoms with van der Waals surface area (Å²) in [6.07, 6.45) is 2.09. The third kappa shape index (κ3) is 5.14. The Bertz CT molecular complexity index is 435. The average Bonchev–Trinajstić information content (AvgIpc) is 2.92. The molecule has 1 aliphatic heterocycles. The monoisotopic (exact) mass is 289 g/mol. The van der Waals surface area contributed by atoms with E-state index in [2.05, 4.69) is 52.8 Å². The van der Waals surface area contributed by atoms with Crippen molar-refractivity contribution in [1.29, 1.82) is 0 Å². The van der Waals surface area contributed by atoms with Gasteiger partial charge >= 0.3 is 0 Å². The summed E-state index contributed by atoms with van der Waals surface area (Å²) in [6, 6.07) is 10.9. The zero-order valence-corrected chi connectivity index (χ0v) is 13.1. The standard InChI is InChI=1S/C17H27N3O/c1-3-10-18-17(21)14(2)19-16-9-11-20(13-16)12-15-7-5-4-6-8-15/h4-8,14,16,19H,3,9-13H2,1-2H3,(H,18,21). The SMILES string of the molecule is CCCNC(=O)C(C)NC1CCN(Cc2ccccc2)C1. The summed E-state index contributed by atoms with van der Waals surface area (Å²) in [5.74, 6) is 0.110. The molecule has 1 aromatic carbocycles. The molecule has 4 nitrogen and oxygen atoms in total. The van der Waals surface area contributed by atoms with E-state index in [0.29, 0.717) is 6.04 Å². The lowest BCUT2D eigenvalue weighted by Crippen LogP contribution is -2.47. The van der Waals surface area contributed by atoms with E-state index in [4.69, 9.17) is 0 Å². The lowest BCUT2D eigenvalue weighted by molar-refractivity contribution is -0.122. The number of hydrogen-bond donors (Lipinski definition) is 2. The van der Waals surface area contributed by atoms with E-state index in [0.717, 1.165) is 39.0 Å². The highest BCUT2D eigenvalue weighted by Gasteiger charge is 2.25. The Morgan fingerprint density at radius 1 is 1.38 bits per heavy atom. The Kier molecular flexibility index (Phi) is 6.21. The molecule has 2 N–H and O–H groups in total. The minimum atomic E-state index is -0.113. The number of rotatable bonds is 7. The molecule has 0 aliphatic carbocycles. The Balaban J connectivity index is 1.73. The Labute approximate surface area is 127 Å². The summed E-state index contributed by atoms with van der Waals surface area (Å²) >= 11 is 0. The molecule has 1 amide bonds. The Hall–Kier alpha value is -1.39. The van der Waals surface area contributed by atoms with Gasteiger partial charge in [-0.25, -0.2) is 0 Å². The number of carbonyl (C=O) groups excluding carboxylic acids is 1. The van der Waals surface area contributed by atoms with Crippen LogP contribution >= 0.6 is 0 Å². The van der Waals surface area contributed by atoms with Gasteiger partial charge in [-0.3, -0.25) is 9.69 Å². The maximum absolute atomic E-state index is 11.9. The van der Waals surface area contributed by atoms with Gasteiger partial charge in [0.15, 0.2) is 0 Å². The van der Waals surface area contributed by atoms with Gasteiger partial charge in [0.05, 0.1) is 6.04 Å². The maximum atomic E-state index is 11.9. The van der Waals surface area contributed by atoms with Crippen LogP contribution in [0.5, 0.6) is 0 Å². The molecule has 0 radical (unpaired) electrons. The first kappa shape index (κ1) is 16.0. The van der Waals surface area contributed by atoms with Gasteiger partial charge in [-0.1, -0.05) is 37.3 Å². The van der Waals surface area contributed by atoms with Crippen molar-refractivity contribution < 1.29 is 4.79 Å². The first-order chi connectivity index (χ1) is 10.2. The van der Waals surface area contributed by atoms with Gasteiger partial charge in [-0.2, -0.15) is 0 Å². The van der Waals surface area contributed by atoms with Crippen LogP contribution in [0.1, 0.15) is 32.3 Å². The lowest BCUT2D eigenvalue weighted by atomic mass is 10.2. The summed E-state index contributed by atoms with van der Waals surface area (Å²) in [4.78, 5) is 14.3. The zero-order valence-electron chi connectivity index (χ0n) is 13.1. The molecule has 1 saturated heterocycles. The van der Waals surface area contributed by atoms with E-state index in [9.17, 15) is 4.79 Å². The molecule has 1 heterocycles. The quantitative estimate of drug-likeness (QED) is 0.804. The molecule has 1 aromatic rings. The molecule has 116 valence electrons. The number of carbonyl (C=O) groups is 1. The number of likely N-dealkylation sites (tertiary alicyclic amines) is 1. The van der Waals surface area contributed by atoms with Crippen molar-refractivity contribution in [3.05, 3.63) is 35.9 Å². The van der Waals surface area contributed by atoms with Gasteiger partial charge in [-0.15, -0.1) is 0 Å². The highest BCUT2D eigenvalue weighted by molar-refractivity contribution is 5.81. The second kappa shape index (κ2) is 8.15. The van der Waals surface area contributed by atoms with E-state index in [1.165, 1.54) is 5.56 Å². The molecule has 2 atom stereocenters. The fourth-order valence-corrected chi connectivity index (χ4v) is 2.78. The summed E-state index contributed by atoms with van der Waals surface area (Å²) in [6.45, 7) is 7.88. The van der Waals surface area contributed by atoms with Crippen molar-refractivity contribution in [2.24, 2.45) is 0 Å². The van der Waals surface area contributed by atoms with Crippen molar-refractivity contribution in [3.63, 3.8) is 0 Å². The molecule has 1 aliphatic rings. The molecule has 2 rings (SSSR count). The minimum Gasteiger partial charge on any atom is -0.355 e. The van der Waals surface area contributed by atoms with Gasteiger partial charge in [0.25, 0.3) is 0 Å². The van der Waals surface area contributed by atoms with Crippen LogP contribution in [0.2, 0.25) is 0 Å². The number of nitrogens with zero attached hydrogens (tertiary/aromatic N) is 1. The minimum absolute atomic E-state index is 0.110. The summed E-state index contributed by atoms with van der Waals surface area (Å²) in [7, 11) is 0. The number of nitrogens with one attached hydrogen (secondary N) is 2. The first-order valence-corrected chi connectivity index (χ1v) is 7.99. The Morgan fingerprint density at radius 3 is 2.86 bits per heavy atom. The van der Waals surface area contributed by atoms with E-state index < -0.39 is 0 Å². The van der Waals surface area contributed by atoms with E-state index in [1.54, 1.807) is 0 Å². The normalized spacial score (nSPS) is 20.4. The molecule has 0 bridgehead atoms. The maximum Gasteiger partial charge on any atom is 0.236 e. The number of benzene rings is 1. The fourth-order valence-electron chi connectivity index (χ4n) is 2.78. The third-order valence-corrected chi connectivity index (χ3v) is 3.95. The van der Waals surface area contributed by atoms with E-state index in [1.807, 2.05) is 6.92 Å². The first-order valence-electron chi connectivity index (χ1n) is 7.99. The predicted octanol–water partition coefficient (Wildman–Crippen LogP) is 1.77. The fraction of sp³-hybridized carbons (Fsp3) is 0.588. The van der Waals surface area contributed by atoms with Crippen molar-refractivity contribution in [3.8, 4) is 0 Å². The average molecular weight is 289 g/mol. The molecular weight excluding hydrogens is 262 g/mol. The molecule has 21 heavy (non-hydrogen) atoms. The Morgan fingerprint density at radius 2 is 2.14 bits per heavy atom. The third-order valence-electron chi connectivity index (χ3n) is 3.95. The van der Waals surface area contributed by atoms with Crippen molar-refractivity contribution in [2.45, 2.75) is 45.3 Å². The van der Waals surface area contributed by atoms with Crippen LogP contribution in [-0.2, 0) is 11.3 Å². The summed E-state index contributed by atoms with van der Waals surface area (Å²) in [5.41, 5.74) is 1.35. The van der Waals surface area contributed by atoms with Crippen LogP contribution < -0.4 is 10.6 Å². The van der Waals surface area contributed by atoms with Crippen LogP contribution in [0.15, 0.2) is 30.3 Å². The second-order valence-corrected chi connectivity index (χ2v) is 5.89. The molecule has 4 heteroatoms. The van der Waals surface area contributed by atoms with Gasteiger partial charge in [0.1, 0.15) is 0 Å². The molecule has 0 spiro atoms. The van der Waals surface area contributed by atoms with Crippen LogP contribution in [0.3, 0.4) is 0 Å². The van der Waals surface area contributed by atoms with Crippen molar-refractivity contribution >= 4 is 5.91 Å². The molecule has 0 aromatic heterocycles. The van der Waals surface area contributed by atoms with Gasteiger partial charge < -0.3 is 10.6 Å². The number of hydrogen-bond acceptors (Lipinski definition) is 3. The summed E-state index contributed by atoms with van der Waals surface area (Å²) < 4.78 is 0. The molecule has 0 saturated carbocycles. The van der Waals surface area contributed by atoms with Gasteiger partial charge in [-0.05, 0) is 25.3 Å². The van der Waals surface area contributed by atoms with Crippen LogP contribution in [0.25, 0.3) is 0 Å². The topological polar surface area (TPSA) is 44.4 Å². The zero-order chi connectivity index (χ0) is 15.1. The van der Waals surface area contributed by atoms with E-state index in [-0.39, 0.29) is 11.9 Å². The number of amides is 1. The highest BCUT2D eigenvalue weighted by atomic mass is 16.2. The molecular formula is C17H27N3O. The lowest BCUT2D eigenvalue weighted by Gasteiger charge is -2.20. The van der Waals surface area contributed by atoms with Crippen LogP contribution in [0, 0.1) is 0 Å². The highest BCUT2D eigenvalue weighted by Crippen LogP contribution is 2.13. The smallest absolute Gasteiger partial charge is 0.236 e.